The molecule has 7 atom stereocenters. The largest absolute Gasteiger partial charge is 0.462 e. The number of amides is 1. The zero-order chi connectivity index (χ0) is 20.9. The molecule has 0 bridgehead atoms. The molecule has 27 heavy (non-hydrogen) atoms. The van der Waals surface area contributed by atoms with Crippen molar-refractivity contribution < 1.29 is 43.2 Å². The van der Waals surface area contributed by atoms with Crippen molar-refractivity contribution in [3.63, 3.8) is 0 Å². The van der Waals surface area contributed by atoms with Gasteiger partial charge >= 0.3 is 11.8 Å². The molecule has 0 aromatic carbocycles. The van der Waals surface area contributed by atoms with Gasteiger partial charge in [0.05, 0.1) is 19.3 Å². The predicted octanol–water partition coefficient (Wildman–Crippen LogP) is -3.19. The maximum absolute atomic E-state index is 15.1. The summed E-state index contributed by atoms with van der Waals surface area (Å²) in [7, 11) is 0. The van der Waals surface area contributed by atoms with E-state index in [9.17, 15) is 24.2 Å². The first-order chi connectivity index (χ1) is 12.5. The molecule has 13 heteroatoms. The number of aliphatic hydroxyl groups excluding tert-OH is 3. The SMILES string of the molecule is CCOC(=O)[C@]1(F)O[C@@H]([C@@H](O)[C@@H](O)CO)[C@H](NC(C)=O)[C@@H](N=C(N)N)[C@H]1F. The summed E-state index contributed by atoms with van der Waals surface area (Å²) < 4.78 is 39.3. The summed E-state index contributed by atoms with van der Waals surface area (Å²) in [6.07, 6.45) is -8.65. The Balaban J connectivity index is 3.47. The number of hydrogen-bond acceptors (Lipinski definition) is 8. The molecule has 1 aliphatic heterocycles. The van der Waals surface area contributed by atoms with Crippen LogP contribution in [0.4, 0.5) is 8.78 Å². The Kier molecular flexibility index (Phi) is 7.83. The average molecular weight is 398 g/mol. The van der Waals surface area contributed by atoms with Crippen molar-refractivity contribution in [1.29, 1.82) is 0 Å². The Hall–Kier alpha value is -2.09. The predicted molar refractivity (Wildman–Crippen MR) is 86.5 cm³/mol. The number of rotatable bonds is 7. The second-order valence-corrected chi connectivity index (χ2v) is 5.86. The van der Waals surface area contributed by atoms with Crippen molar-refractivity contribution >= 4 is 17.8 Å². The first-order valence-corrected chi connectivity index (χ1v) is 8.00. The molecule has 0 aromatic rings. The van der Waals surface area contributed by atoms with Crippen LogP contribution in [0.5, 0.6) is 0 Å². The molecule has 0 saturated carbocycles. The fourth-order valence-corrected chi connectivity index (χ4v) is 2.65. The lowest BCUT2D eigenvalue weighted by Crippen LogP contribution is -2.71. The van der Waals surface area contributed by atoms with Gasteiger partial charge in [0, 0.05) is 6.92 Å². The normalized spacial score (nSPS) is 32.9. The lowest BCUT2D eigenvalue weighted by Gasteiger charge is -2.46. The van der Waals surface area contributed by atoms with Crippen LogP contribution in [-0.4, -0.2) is 88.8 Å². The number of alkyl halides is 2. The summed E-state index contributed by atoms with van der Waals surface area (Å²) in [4.78, 5) is 26.9. The molecular weight excluding hydrogens is 374 g/mol. The fourth-order valence-electron chi connectivity index (χ4n) is 2.65. The van der Waals surface area contributed by atoms with E-state index in [1.165, 1.54) is 6.92 Å². The van der Waals surface area contributed by atoms with Gasteiger partial charge in [0.2, 0.25) is 5.91 Å². The molecule has 1 aliphatic rings. The van der Waals surface area contributed by atoms with E-state index >= 15 is 4.39 Å². The van der Waals surface area contributed by atoms with Crippen molar-refractivity contribution in [3.8, 4) is 0 Å². The molecule has 0 unspecified atom stereocenters. The van der Waals surface area contributed by atoms with E-state index in [1.807, 2.05) is 0 Å². The minimum absolute atomic E-state index is 0.310. The molecule has 156 valence electrons. The summed E-state index contributed by atoms with van der Waals surface area (Å²) in [6, 6.07) is -3.50. The highest BCUT2D eigenvalue weighted by atomic mass is 19.2. The molecule has 0 aliphatic carbocycles. The van der Waals surface area contributed by atoms with E-state index in [0.717, 1.165) is 6.92 Å². The molecule has 11 nitrogen and oxygen atoms in total. The Morgan fingerprint density at radius 3 is 2.44 bits per heavy atom. The number of carbonyl (C=O) groups excluding carboxylic acids is 2. The van der Waals surface area contributed by atoms with Crippen molar-refractivity contribution in [2.45, 2.75) is 56.3 Å². The zero-order valence-electron chi connectivity index (χ0n) is 14.7. The van der Waals surface area contributed by atoms with Crippen molar-refractivity contribution in [2.24, 2.45) is 16.5 Å². The van der Waals surface area contributed by atoms with Gasteiger partial charge in [-0.05, 0) is 6.92 Å². The number of nitrogens with one attached hydrogen (secondary N) is 1. The third-order valence-corrected chi connectivity index (χ3v) is 3.82. The van der Waals surface area contributed by atoms with E-state index in [0.29, 0.717) is 0 Å². The molecule has 1 heterocycles. The number of hydrogen-bond donors (Lipinski definition) is 6. The number of aliphatic imine (C=N–C) groups is 1. The zero-order valence-corrected chi connectivity index (χ0v) is 14.7. The number of guanidine groups is 1. The number of aliphatic hydroxyl groups is 3. The van der Waals surface area contributed by atoms with Gasteiger partial charge in [-0.3, -0.25) is 4.79 Å². The quantitative estimate of drug-likeness (QED) is 0.146. The highest BCUT2D eigenvalue weighted by molar-refractivity contribution is 5.80. The van der Waals surface area contributed by atoms with Crippen molar-refractivity contribution in [2.75, 3.05) is 13.2 Å². The third kappa shape index (κ3) is 5.00. The second kappa shape index (κ2) is 9.21. The Bertz CT molecular complexity index is 578. The highest BCUT2D eigenvalue weighted by Gasteiger charge is 2.63. The number of halogens is 2. The minimum atomic E-state index is -3.74. The van der Waals surface area contributed by atoms with Crippen LogP contribution in [0.1, 0.15) is 13.8 Å². The van der Waals surface area contributed by atoms with Crippen LogP contribution >= 0.6 is 0 Å². The van der Waals surface area contributed by atoms with Crippen LogP contribution in [0.25, 0.3) is 0 Å². The summed E-state index contributed by atoms with van der Waals surface area (Å²) in [5.74, 6) is -6.92. The van der Waals surface area contributed by atoms with Crippen molar-refractivity contribution in [1.82, 2.24) is 5.32 Å². The first-order valence-electron chi connectivity index (χ1n) is 8.00. The Morgan fingerprint density at radius 1 is 1.41 bits per heavy atom. The number of nitrogens with two attached hydrogens (primary N) is 2. The minimum Gasteiger partial charge on any atom is -0.462 e. The third-order valence-electron chi connectivity index (χ3n) is 3.82. The lowest BCUT2D eigenvalue weighted by atomic mass is 9.86. The molecule has 8 N–H and O–H groups in total. The topological polar surface area (TPSA) is 190 Å². The number of nitrogens with zero attached hydrogens (tertiary/aromatic N) is 1. The van der Waals surface area contributed by atoms with E-state index in [-0.39, 0.29) is 6.61 Å². The van der Waals surface area contributed by atoms with Crippen molar-refractivity contribution in [3.05, 3.63) is 0 Å². The average Bonchev–Trinajstić information content (AvgIpc) is 2.59. The van der Waals surface area contributed by atoms with Gasteiger partial charge in [-0.1, -0.05) is 0 Å². The van der Waals surface area contributed by atoms with Crippen LogP contribution in [0.15, 0.2) is 4.99 Å². The molecule has 0 radical (unpaired) electrons. The standard InChI is InChI=1S/C14H24F2N4O7/c1-3-26-12(25)14(16)11(15)8(20-13(17)18)7(19-5(2)22)10(27-14)9(24)6(23)4-21/h6-11,21,23-24H,3-4H2,1-2H3,(H,19,22)(H4,17,18,20)/t6-,7+,8+,9-,10+,11+,14+/m0/s1. The summed E-state index contributed by atoms with van der Waals surface area (Å²) in [6.45, 7) is 1.09. The molecule has 1 amide bonds. The van der Waals surface area contributed by atoms with Crippen LogP contribution in [0.2, 0.25) is 0 Å². The Labute approximate surface area is 153 Å². The lowest BCUT2D eigenvalue weighted by molar-refractivity contribution is -0.278. The van der Waals surface area contributed by atoms with Gasteiger partial charge in [0.1, 0.15) is 24.4 Å². The molecular formula is C14H24F2N4O7. The molecule has 1 saturated heterocycles. The van der Waals surface area contributed by atoms with E-state index in [2.05, 4.69) is 15.0 Å². The van der Waals surface area contributed by atoms with E-state index in [4.69, 9.17) is 21.3 Å². The second-order valence-electron chi connectivity index (χ2n) is 5.86. The van der Waals surface area contributed by atoms with Gasteiger partial charge in [-0.25, -0.2) is 14.2 Å². The van der Waals surface area contributed by atoms with Gasteiger partial charge in [-0.15, -0.1) is 0 Å². The van der Waals surface area contributed by atoms with E-state index in [1.54, 1.807) is 0 Å². The smallest absolute Gasteiger partial charge is 0.375 e. The summed E-state index contributed by atoms with van der Waals surface area (Å²) >= 11 is 0. The van der Waals surface area contributed by atoms with Crippen LogP contribution in [-0.2, 0) is 19.1 Å². The maximum atomic E-state index is 15.1. The number of esters is 1. The van der Waals surface area contributed by atoms with Crippen LogP contribution in [0.3, 0.4) is 0 Å². The Morgan fingerprint density at radius 2 is 2.00 bits per heavy atom. The van der Waals surface area contributed by atoms with Gasteiger partial charge in [0.25, 0.3) is 0 Å². The van der Waals surface area contributed by atoms with Gasteiger partial charge in [-0.2, -0.15) is 4.39 Å². The summed E-state index contributed by atoms with van der Waals surface area (Å²) in [5.41, 5.74) is 10.5. The number of carbonyl (C=O) groups is 2. The molecule has 1 rings (SSSR count). The van der Waals surface area contributed by atoms with Gasteiger partial charge in [0.15, 0.2) is 12.1 Å². The monoisotopic (exact) mass is 398 g/mol. The highest BCUT2D eigenvalue weighted by Crippen LogP contribution is 2.38. The van der Waals surface area contributed by atoms with Crippen LogP contribution in [0, 0.1) is 0 Å². The number of ether oxygens (including phenoxy) is 2. The fraction of sp³-hybridized carbons (Fsp3) is 0.786. The maximum Gasteiger partial charge on any atom is 0.375 e. The summed E-state index contributed by atoms with van der Waals surface area (Å²) in [5, 5.41) is 31.0. The van der Waals surface area contributed by atoms with Crippen LogP contribution < -0.4 is 16.8 Å². The van der Waals surface area contributed by atoms with E-state index < -0.39 is 66.9 Å². The van der Waals surface area contributed by atoms with Gasteiger partial charge < -0.3 is 41.6 Å². The molecule has 0 aromatic heterocycles. The molecule has 0 spiro atoms. The first kappa shape index (κ1) is 23.0. The molecule has 1 fully saturated rings.